The van der Waals surface area contributed by atoms with Crippen molar-refractivity contribution < 1.29 is 9.47 Å². The van der Waals surface area contributed by atoms with Gasteiger partial charge in [0, 0.05) is 24.2 Å². The molecule has 36 heavy (non-hydrogen) atoms. The van der Waals surface area contributed by atoms with Gasteiger partial charge in [-0.1, -0.05) is 50.9 Å². The minimum atomic E-state index is 0.0758. The van der Waals surface area contributed by atoms with Gasteiger partial charge in [0.2, 0.25) is 0 Å². The predicted octanol–water partition coefficient (Wildman–Crippen LogP) is 5.00. The van der Waals surface area contributed by atoms with Gasteiger partial charge in [0.15, 0.2) is 5.11 Å². The molecule has 0 saturated carbocycles. The molecule has 1 aliphatic rings. The maximum atomic E-state index is 6.63. The number of hydrogen-bond donors (Lipinski definition) is 2. The molecule has 3 rings (SSSR count). The zero-order valence-corrected chi connectivity index (χ0v) is 23.7. The summed E-state index contributed by atoms with van der Waals surface area (Å²) < 4.78 is 12.1. The van der Waals surface area contributed by atoms with Gasteiger partial charge in [-0.2, -0.15) is 5.10 Å². The lowest BCUT2D eigenvalue weighted by molar-refractivity contribution is 0.223. The molecule has 10 heteroatoms. The third-order valence-electron chi connectivity index (χ3n) is 6.34. The summed E-state index contributed by atoms with van der Waals surface area (Å²) in [5, 5.41) is 5.63. The second-order valence-electron chi connectivity index (χ2n) is 8.34. The summed E-state index contributed by atoms with van der Waals surface area (Å²) >= 11 is 18.3. The lowest BCUT2D eigenvalue weighted by atomic mass is 10.1. The average molecular weight is 553 g/mol. The van der Waals surface area contributed by atoms with Crippen LogP contribution in [-0.4, -0.2) is 73.1 Å². The molecule has 2 aromatic rings. The molecule has 3 N–H and O–H groups in total. The number of likely N-dealkylation sites (N-methyl/N-ethyl adjacent to an activating group) is 2. The van der Waals surface area contributed by atoms with Crippen LogP contribution in [0.1, 0.15) is 38.8 Å². The van der Waals surface area contributed by atoms with Crippen LogP contribution in [0, 0.1) is 0 Å². The molecule has 0 saturated heterocycles. The fraction of sp³-hybridized carbons (Fsp3) is 0.462. The van der Waals surface area contributed by atoms with Gasteiger partial charge in [-0.15, -0.1) is 0 Å². The molecule has 196 valence electrons. The topological polar surface area (TPSA) is 75.4 Å². The summed E-state index contributed by atoms with van der Waals surface area (Å²) in [6, 6.07) is 7.61. The van der Waals surface area contributed by atoms with E-state index in [2.05, 4.69) is 48.0 Å². The Labute approximate surface area is 229 Å². The van der Waals surface area contributed by atoms with Crippen molar-refractivity contribution in [1.82, 2.24) is 15.2 Å². The van der Waals surface area contributed by atoms with Crippen molar-refractivity contribution in [3.8, 4) is 22.6 Å². The summed E-state index contributed by atoms with van der Waals surface area (Å²) in [5.41, 5.74) is 12.6. The third kappa shape index (κ3) is 6.81. The van der Waals surface area contributed by atoms with Crippen LogP contribution in [0.4, 0.5) is 0 Å². The quantitative estimate of drug-likeness (QED) is 0.228. The minimum Gasteiger partial charge on any atom is -0.491 e. The summed E-state index contributed by atoms with van der Waals surface area (Å²) in [5.74, 6) is 1.19. The Morgan fingerprint density at radius 2 is 1.22 bits per heavy atom. The molecule has 2 aromatic carbocycles. The van der Waals surface area contributed by atoms with Gasteiger partial charge in [0.25, 0.3) is 0 Å². The molecule has 7 nitrogen and oxygen atoms in total. The first kappa shape index (κ1) is 28.5. The Morgan fingerprint density at radius 3 is 1.58 bits per heavy atom. The number of thiocarbonyl (C=S) groups is 1. The van der Waals surface area contributed by atoms with Crippen molar-refractivity contribution in [2.45, 2.75) is 27.7 Å². The molecular formula is C26H35Cl2N5O2S. The molecule has 0 aliphatic heterocycles. The monoisotopic (exact) mass is 551 g/mol. The van der Waals surface area contributed by atoms with E-state index in [9.17, 15) is 0 Å². The zero-order valence-electron chi connectivity index (χ0n) is 21.4. The van der Waals surface area contributed by atoms with Gasteiger partial charge >= 0.3 is 0 Å². The van der Waals surface area contributed by atoms with Crippen molar-refractivity contribution in [3.05, 3.63) is 45.4 Å². The van der Waals surface area contributed by atoms with Crippen LogP contribution in [0.5, 0.6) is 11.5 Å². The fourth-order valence-corrected chi connectivity index (χ4v) is 4.67. The summed E-state index contributed by atoms with van der Waals surface area (Å²) in [7, 11) is 0. The number of benzene rings is 2. The zero-order chi connectivity index (χ0) is 26.2. The SMILES string of the molecule is CCN(CC)CCOc1cc2c(cc1Cl)-c1cc(Cl)c(OCCN(CC)CC)cc1C2=NNC(N)=S. The Hall–Kier alpha value is -2.10. The summed E-state index contributed by atoms with van der Waals surface area (Å²) in [6.45, 7) is 15.1. The van der Waals surface area contributed by atoms with E-state index in [-0.39, 0.29) is 5.11 Å². The number of fused-ring (bicyclic) bond motifs is 3. The molecule has 0 bridgehead atoms. The van der Waals surface area contributed by atoms with Crippen LogP contribution in [0.3, 0.4) is 0 Å². The van der Waals surface area contributed by atoms with E-state index in [1.807, 2.05) is 24.3 Å². The first-order valence-electron chi connectivity index (χ1n) is 12.3. The van der Waals surface area contributed by atoms with E-state index < -0.39 is 0 Å². The van der Waals surface area contributed by atoms with Crippen LogP contribution in [0.15, 0.2) is 29.4 Å². The molecule has 0 aromatic heterocycles. The summed E-state index contributed by atoms with van der Waals surface area (Å²) in [4.78, 5) is 4.58. The van der Waals surface area contributed by atoms with Crippen LogP contribution >= 0.6 is 35.4 Å². The van der Waals surface area contributed by atoms with E-state index in [1.54, 1.807) is 0 Å². The van der Waals surface area contributed by atoms with Gasteiger partial charge in [0.1, 0.15) is 24.7 Å². The van der Waals surface area contributed by atoms with Crippen LogP contribution in [-0.2, 0) is 0 Å². The Bertz CT molecular complexity index is 1030. The number of halogens is 2. The molecular weight excluding hydrogens is 517 g/mol. The van der Waals surface area contributed by atoms with E-state index in [0.717, 1.165) is 61.5 Å². The predicted molar refractivity (Wildman–Crippen MR) is 154 cm³/mol. The van der Waals surface area contributed by atoms with Crippen molar-refractivity contribution in [1.29, 1.82) is 0 Å². The van der Waals surface area contributed by atoms with E-state index in [4.69, 9.17) is 50.6 Å². The number of hydrogen-bond acceptors (Lipinski definition) is 6. The van der Waals surface area contributed by atoms with Crippen molar-refractivity contribution >= 4 is 46.2 Å². The Kier molecular flexibility index (Phi) is 10.6. The maximum absolute atomic E-state index is 6.63. The van der Waals surface area contributed by atoms with E-state index in [1.165, 1.54) is 0 Å². The molecule has 0 fully saturated rings. The lowest BCUT2D eigenvalue weighted by Gasteiger charge is -2.18. The second-order valence-corrected chi connectivity index (χ2v) is 9.60. The lowest BCUT2D eigenvalue weighted by Crippen LogP contribution is -2.28. The third-order valence-corrected chi connectivity index (χ3v) is 7.02. The number of ether oxygens (including phenoxy) is 2. The van der Waals surface area contributed by atoms with Gasteiger partial charge in [-0.3, -0.25) is 5.43 Å². The molecule has 1 aliphatic carbocycles. The standard InChI is InChI=1S/C26H35Cl2N5O2S/c1-5-32(6-2)9-11-34-23-15-19-17(13-21(23)27)18-14-22(28)24(35-12-10-33(7-3)8-4)16-20(18)25(19)30-31-26(29)36/h13-16H,5-12H2,1-4H3,(H3,29,31,36). The van der Waals surface area contributed by atoms with Crippen LogP contribution < -0.4 is 20.6 Å². The van der Waals surface area contributed by atoms with Gasteiger partial charge in [0.05, 0.1) is 15.8 Å². The highest BCUT2D eigenvalue weighted by Gasteiger charge is 2.29. The van der Waals surface area contributed by atoms with Crippen molar-refractivity contribution in [2.24, 2.45) is 10.8 Å². The van der Waals surface area contributed by atoms with Gasteiger partial charge in [-0.05, 0) is 73.8 Å². The van der Waals surface area contributed by atoms with Gasteiger partial charge in [-0.25, -0.2) is 0 Å². The van der Waals surface area contributed by atoms with Crippen molar-refractivity contribution in [3.63, 3.8) is 0 Å². The first-order valence-corrected chi connectivity index (χ1v) is 13.5. The molecule has 0 spiro atoms. The second kappa shape index (κ2) is 13.4. The molecule has 0 radical (unpaired) electrons. The fourth-order valence-electron chi connectivity index (χ4n) is 4.19. The highest BCUT2D eigenvalue weighted by molar-refractivity contribution is 7.80. The minimum absolute atomic E-state index is 0.0758. The van der Waals surface area contributed by atoms with E-state index in [0.29, 0.717) is 40.5 Å². The van der Waals surface area contributed by atoms with Crippen LogP contribution in [0.25, 0.3) is 11.1 Å². The molecule has 0 amide bonds. The molecule has 0 unspecified atom stereocenters. The Morgan fingerprint density at radius 1 is 0.806 bits per heavy atom. The normalized spacial score (nSPS) is 12.1. The Balaban J connectivity index is 1.93. The first-order chi connectivity index (χ1) is 17.3. The highest BCUT2D eigenvalue weighted by Crippen LogP contribution is 2.45. The smallest absolute Gasteiger partial charge is 0.184 e. The number of nitrogens with zero attached hydrogens (tertiary/aromatic N) is 3. The van der Waals surface area contributed by atoms with Crippen LogP contribution in [0.2, 0.25) is 10.0 Å². The molecule has 0 heterocycles. The average Bonchev–Trinajstić information content (AvgIpc) is 3.14. The van der Waals surface area contributed by atoms with Gasteiger partial charge < -0.3 is 25.0 Å². The number of nitrogens with two attached hydrogens (primary N) is 1. The number of nitrogens with one attached hydrogen (secondary N) is 1. The number of hydrazone groups is 1. The maximum Gasteiger partial charge on any atom is 0.184 e. The van der Waals surface area contributed by atoms with E-state index >= 15 is 0 Å². The largest absolute Gasteiger partial charge is 0.491 e. The summed E-state index contributed by atoms with van der Waals surface area (Å²) in [6.07, 6.45) is 0. The highest BCUT2D eigenvalue weighted by atomic mass is 35.5. The number of rotatable bonds is 13. The van der Waals surface area contributed by atoms with Crippen molar-refractivity contribution in [2.75, 3.05) is 52.5 Å². The molecule has 0 atom stereocenters.